The molecule has 0 saturated carbocycles. The Kier molecular flexibility index (Phi) is 7.19. The van der Waals surface area contributed by atoms with E-state index in [0.717, 1.165) is 33.8 Å². The first-order chi connectivity index (χ1) is 26.5. The van der Waals surface area contributed by atoms with Gasteiger partial charge in [0.1, 0.15) is 5.84 Å². The maximum Gasteiger partial charge on any atom is 0.133 e. The fourth-order valence-corrected chi connectivity index (χ4v) is 9.29. The third-order valence-electron chi connectivity index (χ3n) is 11.8. The summed E-state index contributed by atoms with van der Waals surface area (Å²) in [5.41, 5.74) is 17.2. The highest BCUT2D eigenvalue weighted by Gasteiger charge is 2.53. The summed E-state index contributed by atoms with van der Waals surface area (Å²) in [6, 6.07) is 63.2. The molecule has 0 fully saturated rings. The molecule has 7 aromatic carbocycles. The summed E-state index contributed by atoms with van der Waals surface area (Å²) in [5, 5.41) is 13.2. The third kappa shape index (κ3) is 4.70. The van der Waals surface area contributed by atoms with Crippen molar-refractivity contribution in [1.82, 2.24) is 5.32 Å². The van der Waals surface area contributed by atoms with Crippen molar-refractivity contribution in [3.63, 3.8) is 0 Å². The van der Waals surface area contributed by atoms with E-state index in [2.05, 4.69) is 159 Å². The smallest absolute Gasteiger partial charge is 0.133 e. The average Bonchev–Trinajstić information content (AvgIpc) is 3.53. The zero-order valence-electron chi connectivity index (χ0n) is 30.2. The van der Waals surface area contributed by atoms with Crippen LogP contribution in [0.1, 0.15) is 75.5 Å². The second-order valence-electron chi connectivity index (χ2n) is 15.1. The predicted octanol–water partition coefficient (Wildman–Crippen LogP) is 11.4. The topological polar surface area (TPSA) is 48.2 Å². The van der Waals surface area contributed by atoms with E-state index in [1.54, 1.807) is 0 Å². The van der Waals surface area contributed by atoms with Crippen molar-refractivity contribution >= 4 is 11.5 Å². The third-order valence-corrected chi connectivity index (χ3v) is 11.8. The molecule has 1 N–H and O–H groups in total. The van der Waals surface area contributed by atoms with Crippen LogP contribution in [0.5, 0.6) is 0 Å². The van der Waals surface area contributed by atoms with Gasteiger partial charge in [0.05, 0.1) is 23.1 Å². The molecule has 3 nitrogen and oxygen atoms in total. The fraction of sp³-hybridized carbons (Fsp3) is 0.0980. The lowest BCUT2D eigenvalue weighted by atomic mass is 9.55. The van der Waals surface area contributed by atoms with E-state index in [0.29, 0.717) is 5.56 Å². The predicted molar refractivity (Wildman–Crippen MR) is 219 cm³/mol. The average molecular weight is 692 g/mol. The first-order valence-corrected chi connectivity index (χ1v) is 18.6. The second kappa shape index (κ2) is 12.2. The molecule has 0 radical (unpaired) electrons. The molecule has 1 atom stereocenters. The minimum atomic E-state index is -0.427. The highest BCUT2D eigenvalue weighted by Crippen LogP contribution is 2.62. The van der Waals surface area contributed by atoms with E-state index in [1.807, 2.05) is 42.5 Å². The molecule has 1 heterocycles. The van der Waals surface area contributed by atoms with Gasteiger partial charge in [-0.3, -0.25) is 4.99 Å². The normalized spacial score (nSPS) is 16.8. The maximum atomic E-state index is 9.60. The molecule has 7 aromatic rings. The first-order valence-electron chi connectivity index (χ1n) is 18.6. The van der Waals surface area contributed by atoms with Gasteiger partial charge < -0.3 is 5.32 Å². The molecule has 1 aliphatic heterocycles. The summed E-state index contributed by atoms with van der Waals surface area (Å²) in [4.78, 5) is 5.18. The maximum absolute atomic E-state index is 9.60. The molecule has 54 heavy (non-hydrogen) atoms. The highest BCUT2D eigenvalue weighted by atomic mass is 15.0. The standard InChI is InChI=1S/C51H37N3/c1-50(2)42-19-8-10-21-44(42)51(45-22-11-9-20-43(45)50)41-18-7-6-17-39(41)40-28-27-37(30-46(40)51)34-23-25-36(26-24-34)49-53-47(35-14-4-3-5-15-35)31-48(54-49)38-16-12-13-33(29-38)32-52/h3-31,48H,1-2H3,(H,53,54). The van der Waals surface area contributed by atoms with E-state index in [4.69, 9.17) is 4.99 Å². The molecule has 3 aliphatic rings. The van der Waals surface area contributed by atoms with Gasteiger partial charge in [-0.05, 0) is 91.0 Å². The highest BCUT2D eigenvalue weighted by molar-refractivity contribution is 6.05. The number of nitrogens with one attached hydrogen (secondary N) is 1. The Bertz CT molecular complexity index is 2680. The van der Waals surface area contributed by atoms with E-state index in [9.17, 15) is 5.26 Å². The molecule has 256 valence electrons. The summed E-state index contributed by atoms with van der Waals surface area (Å²) in [6.07, 6.45) is 2.14. The molecule has 10 rings (SSSR count). The zero-order valence-corrected chi connectivity index (χ0v) is 30.2. The summed E-state index contributed by atoms with van der Waals surface area (Å²) < 4.78 is 0. The summed E-state index contributed by atoms with van der Waals surface area (Å²) in [7, 11) is 0. The first kappa shape index (κ1) is 31.9. The number of fused-ring (bicyclic) bond motifs is 9. The van der Waals surface area contributed by atoms with Crippen molar-refractivity contribution < 1.29 is 0 Å². The lowest BCUT2D eigenvalue weighted by Gasteiger charge is -2.46. The van der Waals surface area contributed by atoms with Crippen LogP contribution in [-0.2, 0) is 10.8 Å². The summed E-state index contributed by atoms with van der Waals surface area (Å²) in [5.74, 6) is 0.802. The SMILES string of the molecule is CC1(C)c2ccccc2C2(c3ccccc3-c3ccc(-c4ccc(C5=NC(c6cccc(C#N)c6)C=C(c6ccccc6)N5)cc4)cc32)c2ccccc21. The Balaban J connectivity index is 1.09. The number of hydrogen-bond donors (Lipinski definition) is 1. The van der Waals surface area contributed by atoms with E-state index in [-0.39, 0.29) is 11.5 Å². The summed E-state index contributed by atoms with van der Waals surface area (Å²) in [6.45, 7) is 4.74. The van der Waals surface area contributed by atoms with Crippen LogP contribution in [0.15, 0.2) is 181 Å². The van der Waals surface area contributed by atoms with Crippen LogP contribution in [0, 0.1) is 11.3 Å². The Morgan fingerprint density at radius 1 is 0.519 bits per heavy atom. The van der Waals surface area contributed by atoms with Crippen molar-refractivity contribution in [2.75, 3.05) is 0 Å². The van der Waals surface area contributed by atoms with E-state index in [1.165, 1.54) is 50.1 Å². The fourth-order valence-electron chi connectivity index (χ4n) is 9.29. The van der Waals surface area contributed by atoms with Crippen LogP contribution >= 0.6 is 0 Å². The van der Waals surface area contributed by atoms with Gasteiger partial charge in [-0.2, -0.15) is 5.26 Å². The van der Waals surface area contributed by atoms with Gasteiger partial charge in [0.2, 0.25) is 0 Å². The number of benzene rings is 7. The quantitative estimate of drug-likeness (QED) is 0.200. The summed E-state index contributed by atoms with van der Waals surface area (Å²) >= 11 is 0. The van der Waals surface area contributed by atoms with Crippen molar-refractivity contribution in [3.05, 3.63) is 232 Å². The van der Waals surface area contributed by atoms with Crippen molar-refractivity contribution in [1.29, 1.82) is 5.26 Å². The van der Waals surface area contributed by atoms with Crippen LogP contribution in [0.3, 0.4) is 0 Å². The van der Waals surface area contributed by atoms with Crippen LogP contribution in [-0.4, -0.2) is 5.84 Å². The molecule has 2 aliphatic carbocycles. The molecule has 0 bridgehead atoms. The number of hydrogen-bond acceptors (Lipinski definition) is 3. The van der Waals surface area contributed by atoms with Crippen molar-refractivity contribution in [2.45, 2.75) is 30.7 Å². The molecular weight excluding hydrogens is 655 g/mol. The number of amidine groups is 1. The largest absolute Gasteiger partial charge is 0.340 e. The van der Waals surface area contributed by atoms with Crippen LogP contribution in [0.2, 0.25) is 0 Å². The van der Waals surface area contributed by atoms with Crippen LogP contribution < -0.4 is 5.32 Å². The van der Waals surface area contributed by atoms with E-state index < -0.39 is 5.41 Å². The molecule has 1 unspecified atom stereocenters. The molecule has 0 aromatic heterocycles. The molecular formula is C51H37N3. The van der Waals surface area contributed by atoms with E-state index >= 15 is 0 Å². The van der Waals surface area contributed by atoms with Gasteiger partial charge in [-0.15, -0.1) is 0 Å². The number of nitrogens with zero attached hydrogens (tertiary/aromatic N) is 2. The molecule has 0 amide bonds. The molecule has 1 spiro atoms. The van der Waals surface area contributed by atoms with Gasteiger partial charge in [-0.1, -0.05) is 166 Å². The lowest BCUT2D eigenvalue weighted by molar-refractivity contribution is 0.563. The van der Waals surface area contributed by atoms with Crippen molar-refractivity contribution in [2.24, 2.45) is 4.99 Å². The Hall–Kier alpha value is -6.76. The minimum absolute atomic E-state index is 0.132. The van der Waals surface area contributed by atoms with Crippen LogP contribution in [0.25, 0.3) is 28.0 Å². The van der Waals surface area contributed by atoms with Crippen LogP contribution in [0.4, 0.5) is 0 Å². The van der Waals surface area contributed by atoms with Gasteiger partial charge in [0.25, 0.3) is 0 Å². The van der Waals surface area contributed by atoms with Gasteiger partial charge >= 0.3 is 0 Å². The number of rotatable bonds is 4. The second-order valence-corrected chi connectivity index (χ2v) is 15.1. The minimum Gasteiger partial charge on any atom is -0.340 e. The van der Waals surface area contributed by atoms with Gasteiger partial charge in [-0.25, -0.2) is 0 Å². The zero-order chi connectivity index (χ0) is 36.4. The monoisotopic (exact) mass is 691 g/mol. The molecule has 0 saturated heterocycles. The van der Waals surface area contributed by atoms with Gasteiger partial charge in [0.15, 0.2) is 0 Å². The molecule has 3 heteroatoms. The number of nitriles is 1. The van der Waals surface area contributed by atoms with Crippen molar-refractivity contribution in [3.8, 4) is 28.3 Å². The Labute approximate surface area is 316 Å². The van der Waals surface area contributed by atoms with Gasteiger partial charge in [0, 0.05) is 16.7 Å². The number of aliphatic imine (C=N–C) groups is 1. The Morgan fingerprint density at radius 3 is 1.81 bits per heavy atom. The lowest BCUT2D eigenvalue weighted by Crippen LogP contribution is -2.40. The Morgan fingerprint density at radius 2 is 1.11 bits per heavy atom.